The van der Waals surface area contributed by atoms with Gasteiger partial charge in [-0.05, 0) is 25.3 Å². The number of nitrogens with zero attached hydrogens (tertiary/aromatic N) is 2. The highest BCUT2D eigenvalue weighted by Gasteiger charge is 2.18. The fourth-order valence-corrected chi connectivity index (χ4v) is 2.41. The Bertz CT molecular complexity index is 622. The first-order valence-electron chi connectivity index (χ1n) is 7.62. The number of carbonyl (C=O) groups excluding carboxylic acids is 1. The van der Waals surface area contributed by atoms with Gasteiger partial charge in [-0.1, -0.05) is 30.3 Å². The molecule has 0 fully saturated rings. The van der Waals surface area contributed by atoms with Crippen LogP contribution in [-0.4, -0.2) is 30.0 Å². The molecule has 122 valence electrons. The smallest absolute Gasteiger partial charge is 0.220 e. The molecule has 0 spiro atoms. The molecule has 1 aromatic heterocycles. The van der Waals surface area contributed by atoms with Crippen molar-refractivity contribution in [2.75, 3.05) is 14.2 Å². The van der Waals surface area contributed by atoms with Gasteiger partial charge in [-0.15, -0.1) is 0 Å². The van der Waals surface area contributed by atoms with E-state index < -0.39 is 0 Å². The molecule has 0 aliphatic carbocycles. The van der Waals surface area contributed by atoms with E-state index in [0.717, 1.165) is 12.8 Å². The third-order valence-corrected chi connectivity index (χ3v) is 3.77. The van der Waals surface area contributed by atoms with Crippen LogP contribution in [0.3, 0.4) is 0 Å². The van der Waals surface area contributed by atoms with E-state index in [9.17, 15) is 4.79 Å². The Kier molecular flexibility index (Phi) is 6.09. The predicted octanol–water partition coefficient (Wildman–Crippen LogP) is 2.87. The number of methoxy groups -OCH3 is 2. The molecule has 0 N–H and O–H groups in total. The van der Waals surface area contributed by atoms with E-state index in [-0.39, 0.29) is 11.7 Å². The van der Waals surface area contributed by atoms with Gasteiger partial charge in [0.2, 0.25) is 11.8 Å². The number of hydrogen-bond acceptors (Lipinski definition) is 5. The van der Waals surface area contributed by atoms with Crippen molar-refractivity contribution in [2.24, 2.45) is 5.92 Å². The molecule has 2 rings (SSSR count). The fraction of sp³-hybridized carbons (Fsp3) is 0.389. The van der Waals surface area contributed by atoms with Crippen molar-refractivity contribution in [1.82, 2.24) is 9.97 Å². The third kappa shape index (κ3) is 5.06. The first kappa shape index (κ1) is 16.9. The lowest BCUT2D eigenvalue weighted by Gasteiger charge is -2.14. The lowest BCUT2D eigenvalue weighted by atomic mass is 9.93. The molecule has 1 heterocycles. The van der Waals surface area contributed by atoms with Gasteiger partial charge in [-0.3, -0.25) is 4.79 Å². The summed E-state index contributed by atoms with van der Waals surface area (Å²) in [6.07, 6.45) is 2.10. The summed E-state index contributed by atoms with van der Waals surface area (Å²) in [4.78, 5) is 20.6. The standard InChI is InChI=1S/C18H22N2O3/c1-13(21)15(10-9-14-7-5-4-6-8-14)11-16-19-17(22-2)12-18(20-16)23-3/h4-8,12,15H,9-11H2,1-3H3. The molecular formula is C18H22N2O3. The SMILES string of the molecule is COc1cc(OC)nc(CC(CCc2ccccc2)C(C)=O)n1. The Morgan fingerprint density at radius 3 is 2.22 bits per heavy atom. The minimum Gasteiger partial charge on any atom is -0.481 e. The zero-order chi connectivity index (χ0) is 16.7. The third-order valence-electron chi connectivity index (χ3n) is 3.77. The molecule has 5 nitrogen and oxygen atoms in total. The second-order valence-corrected chi connectivity index (χ2v) is 5.40. The monoisotopic (exact) mass is 314 g/mol. The number of Topliss-reactive ketones (excluding diaryl/α,β-unsaturated/α-hetero) is 1. The quantitative estimate of drug-likeness (QED) is 0.750. The lowest BCUT2D eigenvalue weighted by Crippen LogP contribution is -2.17. The second kappa shape index (κ2) is 8.27. The number of ketones is 1. The van der Waals surface area contributed by atoms with Gasteiger partial charge in [0.15, 0.2) is 0 Å². The maximum absolute atomic E-state index is 12.0. The average molecular weight is 314 g/mol. The Hall–Kier alpha value is -2.43. The molecule has 0 aliphatic rings. The Morgan fingerprint density at radius 2 is 1.70 bits per heavy atom. The van der Waals surface area contributed by atoms with Crippen LogP contribution in [0.1, 0.15) is 24.7 Å². The van der Waals surface area contributed by atoms with Crippen molar-refractivity contribution >= 4 is 5.78 Å². The number of carbonyl (C=O) groups is 1. The van der Waals surface area contributed by atoms with Gasteiger partial charge in [0.05, 0.1) is 20.3 Å². The topological polar surface area (TPSA) is 61.3 Å². The zero-order valence-corrected chi connectivity index (χ0v) is 13.8. The Morgan fingerprint density at radius 1 is 1.09 bits per heavy atom. The fourth-order valence-electron chi connectivity index (χ4n) is 2.41. The number of aryl methyl sites for hydroxylation is 1. The van der Waals surface area contributed by atoms with Gasteiger partial charge in [0.1, 0.15) is 11.6 Å². The summed E-state index contributed by atoms with van der Waals surface area (Å²) in [5.74, 6) is 1.47. The molecule has 23 heavy (non-hydrogen) atoms. The average Bonchev–Trinajstić information content (AvgIpc) is 2.58. The first-order chi connectivity index (χ1) is 11.1. The molecule has 5 heteroatoms. The van der Waals surface area contributed by atoms with Gasteiger partial charge in [0, 0.05) is 12.3 Å². The van der Waals surface area contributed by atoms with Crippen molar-refractivity contribution in [2.45, 2.75) is 26.2 Å². The highest BCUT2D eigenvalue weighted by molar-refractivity contribution is 5.78. The molecule has 1 aromatic carbocycles. The largest absolute Gasteiger partial charge is 0.481 e. The Balaban J connectivity index is 2.08. The molecular weight excluding hydrogens is 292 g/mol. The van der Waals surface area contributed by atoms with Crippen LogP contribution in [-0.2, 0) is 17.6 Å². The highest BCUT2D eigenvalue weighted by Crippen LogP contribution is 2.19. The van der Waals surface area contributed by atoms with E-state index >= 15 is 0 Å². The van der Waals surface area contributed by atoms with E-state index in [0.29, 0.717) is 24.0 Å². The number of benzene rings is 1. The summed E-state index contributed by atoms with van der Waals surface area (Å²) >= 11 is 0. The van der Waals surface area contributed by atoms with Crippen molar-refractivity contribution < 1.29 is 14.3 Å². The highest BCUT2D eigenvalue weighted by atomic mass is 16.5. The van der Waals surface area contributed by atoms with Crippen LogP contribution < -0.4 is 9.47 Å². The van der Waals surface area contributed by atoms with Gasteiger partial charge < -0.3 is 9.47 Å². The normalized spacial score (nSPS) is 11.8. The summed E-state index contributed by atoms with van der Waals surface area (Å²) in [5, 5.41) is 0. The lowest BCUT2D eigenvalue weighted by molar-refractivity contribution is -0.120. The van der Waals surface area contributed by atoms with Crippen LogP contribution in [0.25, 0.3) is 0 Å². The number of aromatic nitrogens is 2. The van der Waals surface area contributed by atoms with Crippen molar-refractivity contribution in [3.8, 4) is 11.8 Å². The predicted molar refractivity (Wildman–Crippen MR) is 87.8 cm³/mol. The van der Waals surface area contributed by atoms with Crippen LogP contribution in [0.2, 0.25) is 0 Å². The van der Waals surface area contributed by atoms with E-state index in [1.165, 1.54) is 5.56 Å². The minimum atomic E-state index is -0.119. The van der Waals surface area contributed by atoms with Crippen LogP contribution in [0.4, 0.5) is 0 Å². The van der Waals surface area contributed by atoms with E-state index in [1.807, 2.05) is 18.2 Å². The first-order valence-corrected chi connectivity index (χ1v) is 7.62. The van der Waals surface area contributed by atoms with Crippen molar-refractivity contribution in [3.63, 3.8) is 0 Å². The number of hydrogen-bond donors (Lipinski definition) is 0. The molecule has 0 saturated heterocycles. The van der Waals surface area contributed by atoms with Crippen LogP contribution >= 0.6 is 0 Å². The van der Waals surface area contributed by atoms with Crippen molar-refractivity contribution in [3.05, 3.63) is 47.8 Å². The number of ether oxygens (including phenoxy) is 2. The summed E-state index contributed by atoms with van der Waals surface area (Å²) in [5.41, 5.74) is 1.22. The van der Waals surface area contributed by atoms with Gasteiger partial charge >= 0.3 is 0 Å². The molecule has 0 aliphatic heterocycles. The molecule has 1 atom stereocenters. The molecule has 0 saturated carbocycles. The van der Waals surface area contributed by atoms with E-state index in [1.54, 1.807) is 27.2 Å². The van der Waals surface area contributed by atoms with Crippen LogP contribution in [0.15, 0.2) is 36.4 Å². The number of rotatable bonds is 8. The maximum atomic E-state index is 12.0. The zero-order valence-electron chi connectivity index (χ0n) is 13.8. The molecule has 2 aromatic rings. The maximum Gasteiger partial charge on any atom is 0.220 e. The summed E-state index contributed by atoms with van der Waals surface area (Å²) in [6, 6.07) is 11.8. The van der Waals surface area contributed by atoms with E-state index in [2.05, 4.69) is 22.1 Å². The van der Waals surface area contributed by atoms with Gasteiger partial charge in [-0.25, -0.2) is 0 Å². The second-order valence-electron chi connectivity index (χ2n) is 5.40. The molecule has 0 radical (unpaired) electrons. The van der Waals surface area contributed by atoms with Gasteiger partial charge in [-0.2, -0.15) is 9.97 Å². The molecule has 0 amide bonds. The Labute approximate surface area is 136 Å². The van der Waals surface area contributed by atoms with Gasteiger partial charge in [0.25, 0.3) is 0 Å². The summed E-state index contributed by atoms with van der Waals surface area (Å²) < 4.78 is 10.3. The summed E-state index contributed by atoms with van der Waals surface area (Å²) in [7, 11) is 3.09. The molecule has 1 unspecified atom stereocenters. The van der Waals surface area contributed by atoms with E-state index in [4.69, 9.17) is 9.47 Å². The van der Waals surface area contributed by atoms with Crippen LogP contribution in [0, 0.1) is 5.92 Å². The summed E-state index contributed by atoms with van der Waals surface area (Å²) in [6.45, 7) is 1.62. The van der Waals surface area contributed by atoms with Crippen molar-refractivity contribution in [1.29, 1.82) is 0 Å². The molecule has 0 bridgehead atoms. The van der Waals surface area contributed by atoms with Crippen LogP contribution in [0.5, 0.6) is 11.8 Å². The minimum absolute atomic E-state index is 0.119.